The molecule has 0 aromatic carbocycles. The van der Waals surface area contributed by atoms with Crippen LogP contribution in [0, 0.1) is 12.8 Å². The number of rotatable bonds is 5. The first-order chi connectivity index (χ1) is 10.6. The van der Waals surface area contributed by atoms with Gasteiger partial charge in [0.2, 0.25) is 5.91 Å². The maximum absolute atomic E-state index is 12.2. The Morgan fingerprint density at radius 1 is 1.50 bits per heavy atom. The molecule has 1 aliphatic carbocycles. The number of anilines is 1. The summed E-state index contributed by atoms with van der Waals surface area (Å²) in [6, 6.07) is 1.89. The summed E-state index contributed by atoms with van der Waals surface area (Å²) in [6.07, 6.45) is 7.13. The van der Waals surface area contributed by atoms with E-state index in [1.807, 2.05) is 11.6 Å². The van der Waals surface area contributed by atoms with E-state index >= 15 is 0 Å². The van der Waals surface area contributed by atoms with Gasteiger partial charge in [0.1, 0.15) is 12.4 Å². The molecule has 1 atom stereocenters. The van der Waals surface area contributed by atoms with Gasteiger partial charge in [-0.15, -0.1) is 0 Å². The van der Waals surface area contributed by atoms with Crippen LogP contribution in [-0.2, 0) is 11.3 Å². The quantitative estimate of drug-likeness (QED) is 0.904. The zero-order chi connectivity index (χ0) is 15.7. The van der Waals surface area contributed by atoms with Crippen LogP contribution in [0.15, 0.2) is 29.5 Å². The van der Waals surface area contributed by atoms with Crippen molar-refractivity contribution in [2.24, 2.45) is 5.92 Å². The lowest BCUT2D eigenvalue weighted by atomic mass is 10.2. The molecule has 116 valence electrons. The third-order valence-electron chi connectivity index (χ3n) is 4.02. The summed E-state index contributed by atoms with van der Waals surface area (Å²) in [5.41, 5.74) is 0.480. The van der Waals surface area contributed by atoms with Gasteiger partial charge in [-0.1, -0.05) is 0 Å². The fourth-order valence-electron chi connectivity index (χ4n) is 2.53. The van der Waals surface area contributed by atoms with Gasteiger partial charge in [-0.25, -0.2) is 14.5 Å². The monoisotopic (exact) mass is 301 g/mol. The minimum atomic E-state index is -0.436. The normalized spacial score (nSPS) is 15.5. The van der Waals surface area contributed by atoms with Gasteiger partial charge in [0.05, 0.1) is 12.2 Å². The van der Waals surface area contributed by atoms with Crippen molar-refractivity contribution >= 4 is 11.7 Å². The number of aromatic nitrogens is 4. The highest BCUT2D eigenvalue weighted by atomic mass is 16.2. The van der Waals surface area contributed by atoms with E-state index in [1.165, 1.54) is 23.6 Å². The van der Waals surface area contributed by atoms with E-state index in [9.17, 15) is 9.59 Å². The summed E-state index contributed by atoms with van der Waals surface area (Å²) in [5, 5.41) is 7.25. The molecule has 2 aromatic heterocycles. The Hall–Kier alpha value is -2.44. The predicted molar refractivity (Wildman–Crippen MR) is 81.5 cm³/mol. The molecule has 7 heteroatoms. The molecule has 0 saturated heterocycles. The number of hydrogen-bond donors (Lipinski definition) is 1. The maximum Gasteiger partial charge on any atom is 0.347 e. The molecule has 0 radical (unpaired) electrons. The topological polar surface area (TPSA) is 81.8 Å². The Balaban J connectivity index is 1.75. The summed E-state index contributed by atoms with van der Waals surface area (Å²) in [6.45, 7) is 3.97. The first-order valence-electron chi connectivity index (χ1n) is 7.41. The minimum absolute atomic E-state index is 0.0604. The SMILES string of the molecule is Cc1cnn([C@@H](C)C2CC2)c1NC(=O)Cn1cccnc1=O. The van der Waals surface area contributed by atoms with E-state index in [0.717, 1.165) is 5.56 Å². The van der Waals surface area contributed by atoms with Gasteiger partial charge in [-0.3, -0.25) is 9.36 Å². The van der Waals surface area contributed by atoms with Crippen molar-refractivity contribution in [3.05, 3.63) is 40.7 Å². The van der Waals surface area contributed by atoms with E-state index in [4.69, 9.17) is 0 Å². The predicted octanol–water partition coefficient (Wildman–Crippen LogP) is 1.36. The molecule has 1 N–H and O–H groups in total. The molecule has 3 rings (SSSR count). The summed E-state index contributed by atoms with van der Waals surface area (Å²) < 4.78 is 3.15. The van der Waals surface area contributed by atoms with Crippen LogP contribution in [0.25, 0.3) is 0 Å². The minimum Gasteiger partial charge on any atom is -0.309 e. The van der Waals surface area contributed by atoms with Gasteiger partial charge in [0.25, 0.3) is 0 Å². The second-order valence-electron chi connectivity index (χ2n) is 5.78. The molecular formula is C15H19N5O2. The fourth-order valence-corrected chi connectivity index (χ4v) is 2.53. The smallest absolute Gasteiger partial charge is 0.309 e. The highest BCUT2D eigenvalue weighted by Gasteiger charge is 2.31. The average molecular weight is 301 g/mol. The highest BCUT2D eigenvalue weighted by molar-refractivity contribution is 5.90. The van der Waals surface area contributed by atoms with Gasteiger partial charge < -0.3 is 5.32 Å². The van der Waals surface area contributed by atoms with Crippen molar-refractivity contribution in [1.82, 2.24) is 19.3 Å². The Labute approximate surface area is 128 Å². The first-order valence-corrected chi connectivity index (χ1v) is 7.41. The standard InChI is InChI=1S/C15H19N5O2/c1-10-8-17-20(11(2)12-4-5-12)14(10)18-13(21)9-19-7-3-6-16-15(19)22/h3,6-8,11-12H,4-5,9H2,1-2H3,(H,18,21)/t11-/m0/s1. The van der Waals surface area contributed by atoms with Crippen LogP contribution in [-0.4, -0.2) is 25.2 Å². The number of nitrogens with zero attached hydrogens (tertiary/aromatic N) is 4. The van der Waals surface area contributed by atoms with Gasteiger partial charge in [0.15, 0.2) is 0 Å². The Morgan fingerprint density at radius 3 is 2.95 bits per heavy atom. The number of amides is 1. The Kier molecular flexibility index (Phi) is 3.79. The molecule has 2 aromatic rings. The molecule has 1 saturated carbocycles. The summed E-state index contributed by atoms with van der Waals surface area (Å²) in [4.78, 5) is 27.4. The molecule has 22 heavy (non-hydrogen) atoms. The van der Waals surface area contributed by atoms with Crippen molar-refractivity contribution < 1.29 is 4.79 Å². The Bertz CT molecular complexity index is 744. The lowest BCUT2D eigenvalue weighted by Crippen LogP contribution is -2.29. The van der Waals surface area contributed by atoms with E-state index in [1.54, 1.807) is 18.5 Å². The van der Waals surface area contributed by atoms with Gasteiger partial charge in [0, 0.05) is 18.0 Å². The molecule has 0 unspecified atom stereocenters. The first kappa shape index (κ1) is 14.5. The lowest BCUT2D eigenvalue weighted by Gasteiger charge is -2.16. The van der Waals surface area contributed by atoms with Crippen LogP contribution in [0.5, 0.6) is 0 Å². The molecule has 1 fully saturated rings. The maximum atomic E-state index is 12.2. The third-order valence-corrected chi connectivity index (χ3v) is 4.02. The number of carbonyl (C=O) groups excluding carboxylic acids is 1. The van der Waals surface area contributed by atoms with Crippen LogP contribution < -0.4 is 11.0 Å². The number of hydrogen-bond acceptors (Lipinski definition) is 4. The zero-order valence-corrected chi connectivity index (χ0v) is 12.7. The van der Waals surface area contributed by atoms with E-state index in [-0.39, 0.29) is 18.5 Å². The second-order valence-corrected chi connectivity index (χ2v) is 5.78. The highest BCUT2D eigenvalue weighted by Crippen LogP contribution is 2.40. The number of carbonyl (C=O) groups is 1. The largest absolute Gasteiger partial charge is 0.347 e. The van der Waals surface area contributed by atoms with E-state index in [0.29, 0.717) is 11.7 Å². The molecule has 0 aliphatic heterocycles. The van der Waals surface area contributed by atoms with E-state index < -0.39 is 5.69 Å². The Morgan fingerprint density at radius 2 is 2.27 bits per heavy atom. The average Bonchev–Trinajstić information content (AvgIpc) is 3.27. The zero-order valence-electron chi connectivity index (χ0n) is 12.7. The van der Waals surface area contributed by atoms with Crippen molar-refractivity contribution in [3.63, 3.8) is 0 Å². The van der Waals surface area contributed by atoms with Gasteiger partial charge >= 0.3 is 5.69 Å². The molecule has 1 aliphatic rings. The summed E-state index contributed by atoms with van der Waals surface area (Å²) in [7, 11) is 0. The fraction of sp³-hybridized carbons (Fsp3) is 0.467. The van der Waals surface area contributed by atoms with Crippen LogP contribution in [0.3, 0.4) is 0 Å². The van der Waals surface area contributed by atoms with Crippen molar-refractivity contribution in [2.75, 3.05) is 5.32 Å². The number of aryl methyl sites for hydroxylation is 1. The van der Waals surface area contributed by atoms with Crippen molar-refractivity contribution in [3.8, 4) is 0 Å². The van der Waals surface area contributed by atoms with Crippen molar-refractivity contribution in [1.29, 1.82) is 0 Å². The van der Waals surface area contributed by atoms with Gasteiger partial charge in [-0.2, -0.15) is 5.10 Å². The van der Waals surface area contributed by atoms with E-state index in [2.05, 4.69) is 22.3 Å². The van der Waals surface area contributed by atoms with Crippen LogP contribution in [0.4, 0.5) is 5.82 Å². The van der Waals surface area contributed by atoms with Crippen molar-refractivity contribution in [2.45, 2.75) is 39.3 Å². The molecule has 2 heterocycles. The van der Waals surface area contributed by atoms with Crippen LogP contribution >= 0.6 is 0 Å². The third kappa shape index (κ3) is 2.93. The van der Waals surface area contributed by atoms with Gasteiger partial charge in [-0.05, 0) is 38.7 Å². The number of nitrogens with one attached hydrogen (secondary N) is 1. The molecule has 7 nitrogen and oxygen atoms in total. The molecule has 0 bridgehead atoms. The molecular weight excluding hydrogens is 282 g/mol. The summed E-state index contributed by atoms with van der Waals surface area (Å²) in [5.74, 6) is 1.08. The second kappa shape index (κ2) is 5.75. The molecule has 1 amide bonds. The summed E-state index contributed by atoms with van der Waals surface area (Å²) >= 11 is 0. The molecule has 0 spiro atoms. The van der Waals surface area contributed by atoms with Crippen LogP contribution in [0.1, 0.15) is 31.4 Å². The van der Waals surface area contributed by atoms with Crippen LogP contribution in [0.2, 0.25) is 0 Å². The lowest BCUT2D eigenvalue weighted by molar-refractivity contribution is -0.116.